The van der Waals surface area contributed by atoms with Crippen LogP contribution in [0.15, 0.2) is 41.5 Å². The molecule has 104 valence electrons. The van der Waals surface area contributed by atoms with E-state index in [1.165, 1.54) is 25.6 Å². The summed E-state index contributed by atoms with van der Waals surface area (Å²) in [5.41, 5.74) is 0.378. The van der Waals surface area contributed by atoms with Crippen LogP contribution in [-0.2, 0) is 6.54 Å². The molecule has 0 atom stereocenters. The van der Waals surface area contributed by atoms with Crippen molar-refractivity contribution in [1.82, 2.24) is 10.3 Å². The lowest BCUT2D eigenvalue weighted by Crippen LogP contribution is -2.28. The normalized spacial score (nSPS) is 10.1. The van der Waals surface area contributed by atoms with E-state index < -0.39 is 5.91 Å². The summed E-state index contributed by atoms with van der Waals surface area (Å²) in [6.07, 6.45) is 2.83. The summed E-state index contributed by atoms with van der Waals surface area (Å²) in [6, 6.07) is 6.52. The SMILES string of the molecule is COc1cccc(Cl)c1CNC(=O)c1c[nH]ccc1=O. The lowest BCUT2D eigenvalue weighted by Gasteiger charge is -2.11. The van der Waals surface area contributed by atoms with E-state index in [-0.39, 0.29) is 17.5 Å². The van der Waals surface area contributed by atoms with Gasteiger partial charge in [-0.25, -0.2) is 0 Å². The Morgan fingerprint density at radius 1 is 1.40 bits per heavy atom. The van der Waals surface area contributed by atoms with Crippen molar-refractivity contribution in [2.45, 2.75) is 6.54 Å². The number of ether oxygens (including phenoxy) is 1. The van der Waals surface area contributed by atoms with Crippen LogP contribution in [-0.4, -0.2) is 18.0 Å². The first-order valence-electron chi connectivity index (χ1n) is 5.90. The van der Waals surface area contributed by atoms with E-state index in [4.69, 9.17) is 16.3 Å². The molecule has 0 aliphatic heterocycles. The van der Waals surface area contributed by atoms with Crippen molar-refractivity contribution in [3.8, 4) is 5.75 Å². The number of pyridine rings is 1. The standard InChI is InChI=1S/C14H13ClN2O3/c1-20-13-4-2-3-11(15)9(13)8-17-14(19)10-7-16-6-5-12(10)18/h2-7H,8H2,1H3,(H,16,18)(H,17,19). The molecule has 0 saturated carbocycles. The van der Waals surface area contributed by atoms with E-state index in [0.717, 1.165) is 0 Å². The van der Waals surface area contributed by atoms with Crippen LogP contribution in [0.5, 0.6) is 5.75 Å². The van der Waals surface area contributed by atoms with Crippen LogP contribution in [0.25, 0.3) is 0 Å². The number of aromatic nitrogens is 1. The topological polar surface area (TPSA) is 71.2 Å². The van der Waals surface area contributed by atoms with E-state index in [0.29, 0.717) is 16.3 Å². The Morgan fingerprint density at radius 2 is 2.20 bits per heavy atom. The third-order valence-electron chi connectivity index (χ3n) is 2.79. The zero-order valence-corrected chi connectivity index (χ0v) is 11.5. The Kier molecular flexibility index (Phi) is 4.42. The maximum absolute atomic E-state index is 11.9. The minimum absolute atomic E-state index is 0.0542. The molecule has 1 heterocycles. The number of hydrogen-bond donors (Lipinski definition) is 2. The molecule has 0 saturated heterocycles. The van der Waals surface area contributed by atoms with Crippen molar-refractivity contribution in [2.75, 3.05) is 7.11 Å². The molecule has 0 spiro atoms. The second-order valence-corrected chi connectivity index (χ2v) is 4.43. The van der Waals surface area contributed by atoms with Crippen LogP contribution >= 0.6 is 11.6 Å². The Morgan fingerprint density at radius 3 is 2.90 bits per heavy atom. The van der Waals surface area contributed by atoms with E-state index in [1.54, 1.807) is 18.2 Å². The molecule has 2 N–H and O–H groups in total. The molecule has 1 amide bonds. The lowest BCUT2D eigenvalue weighted by atomic mass is 10.2. The molecule has 0 fully saturated rings. The zero-order valence-electron chi connectivity index (χ0n) is 10.8. The maximum Gasteiger partial charge on any atom is 0.257 e. The van der Waals surface area contributed by atoms with E-state index >= 15 is 0 Å². The Labute approximate surface area is 120 Å². The molecule has 0 bridgehead atoms. The summed E-state index contributed by atoms with van der Waals surface area (Å²) in [5, 5.41) is 3.14. The molecular formula is C14H13ClN2O3. The first kappa shape index (κ1) is 14.1. The molecule has 6 heteroatoms. The van der Waals surface area contributed by atoms with Gasteiger partial charge in [-0.2, -0.15) is 0 Å². The number of methoxy groups -OCH3 is 1. The molecule has 1 aromatic heterocycles. The van der Waals surface area contributed by atoms with Crippen molar-refractivity contribution < 1.29 is 9.53 Å². The highest BCUT2D eigenvalue weighted by Crippen LogP contribution is 2.25. The summed E-state index contributed by atoms with van der Waals surface area (Å²) in [4.78, 5) is 26.2. The quantitative estimate of drug-likeness (QED) is 0.905. The van der Waals surface area contributed by atoms with Gasteiger partial charge in [0.25, 0.3) is 5.91 Å². The third-order valence-corrected chi connectivity index (χ3v) is 3.14. The number of amides is 1. The molecule has 0 radical (unpaired) electrons. The number of halogens is 1. The minimum Gasteiger partial charge on any atom is -0.496 e. The second-order valence-electron chi connectivity index (χ2n) is 4.03. The number of H-pyrrole nitrogens is 1. The smallest absolute Gasteiger partial charge is 0.257 e. The number of benzene rings is 1. The first-order valence-corrected chi connectivity index (χ1v) is 6.28. The highest BCUT2D eigenvalue weighted by atomic mass is 35.5. The van der Waals surface area contributed by atoms with Gasteiger partial charge in [0.05, 0.1) is 7.11 Å². The molecule has 1 aromatic carbocycles. The van der Waals surface area contributed by atoms with Gasteiger partial charge in [0.1, 0.15) is 11.3 Å². The third kappa shape index (κ3) is 3.00. The summed E-state index contributed by atoms with van der Waals surface area (Å²) in [7, 11) is 1.53. The number of rotatable bonds is 4. The van der Waals surface area contributed by atoms with Crippen LogP contribution in [0, 0.1) is 0 Å². The molecule has 2 aromatic rings. The molecular weight excluding hydrogens is 280 g/mol. The van der Waals surface area contributed by atoms with Crippen molar-refractivity contribution in [3.05, 3.63) is 63.0 Å². The number of nitrogens with one attached hydrogen (secondary N) is 2. The van der Waals surface area contributed by atoms with Gasteiger partial charge in [-0.3, -0.25) is 9.59 Å². The number of hydrogen-bond acceptors (Lipinski definition) is 3. The number of carbonyl (C=O) groups is 1. The summed E-state index contributed by atoms with van der Waals surface area (Å²) in [5.74, 6) is 0.119. The number of aromatic amines is 1. The molecule has 0 aliphatic rings. The predicted octanol–water partition coefficient (Wildman–Crippen LogP) is 1.97. The van der Waals surface area contributed by atoms with Crippen molar-refractivity contribution in [1.29, 1.82) is 0 Å². The monoisotopic (exact) mass is 292 g/mol. The Hall–Kier alpha value is -2.27. The predicted molar refractivity (Wildman–Crippen MR) is 76.2 cm³/mol. The van der Waals surface area contributed by atoms with Gasteiger partial charge in [0.15, 0.2) is 5.43 Å². The zero-order chi connectivity index (χ0) is 14.5. The van der Waals surface area contributed by atoms with Gasteiger partial charge >= 0.3 is 0 Å². The fraction of sp³-hybridized carbons (Fsp3) is 0.143. The van der Waals surface area contributed by atoms with Gasteiger partial charge in [-0.1, -0.05) is 17.7 Å². The van der Waals surface area contributed by atoms with Crippen LogP contribution in [0.2, 0.25) is 5.02 Å². The van der Waals surface area contributed by atoms with Crippen molar-refractivity contribution >= 4 is 17.5 Å². The van der Waals surface area contributed by atoms with Gasteiger partial charge in [-0.15, -0.1) is 0 Å². The highest BCUT2D eigenvalue weighted by molar-refractivity contribution is 6.31. The lowest BCUT2D eigenvalue weighted by molar-refractivity contribution is 0.0949. The van der Waals surface area contributed by atoms with Crippen LogP contribution in [0.4, 0.5) is 0 Å². The van der Waals surface area contributed by atoms with Crippen LogP contribution in [0.1, 0.15) is 15.9 Å². The first-order chi connectivity index (χ1) is 9.63. The summed E-state index contributed by atoms with van der Waals surface area (Å²) >= 11 is 6.07. The van der Waals surface area contributed by atoms with E-state index in [1.807, 2.05) is 0 Å². The largest absolute Gasteiger partial charge is 0.496 e. The fourth-order valence-electron chi connectivity index (χ4n) is 1.76. The average molecular weight is 293 g/mol. The van der Waals surface area contributed by atoms with E-state index in [2.05, 4.69) is 10.3 Å². The average Bonchev–Trinajstić information content (AvgIpc) is 2.46. The Bertz CT molecular complexity index is 682. The number of carbonyl (C=O) groups excluding carboxylic acids is 1. The van der Waals surface area contributed by atoms with Crippen LogP contribution < -0.4 is 15.5 Å². The maximum atomic E-state index is 11.9. The van der Waals surface area contributed by atoms with Gasteiger partial charge < -0.3 is 15.0 Å². The van der Waals surface area contributed by atoms with E-state index in [9.17, 15) is 9.59 Å². The van der Waals surface area contributed by atoms with Crippen molar-refractivity contribution in [2.24, 2.45) is 0 Å². The van der Waals surface area contributed by atoms with Crippen LogP contribution in [0.3, 0.4) is 0 Å². The second kappa shape index (κ2) is 6.25. The molecule has 2 rings (SSSR count). The van der Waals surface area contributed by atoms with Gasteiger partial charge in [0.2, 0.25) is 0 Å². The molecule has 20 heavy (non-hydrogen) atoms. The van der Waals surface area contributed by atoms with Gasteiger partial charge in [-0.05, 0) is 12.1 Å². The Balaban J connectivity index is 2.16. The fourth-order valence-corrected chi connectivity index (χ4v) is 1.99. The molecule has 0 unspecified atom stereocenters. The minimum atomic E-state index is -0.464. The molecule has 5 nitrogen and oxygen atoms in total. The summed E-state index contributed by atoms with van der Waals surface area (Å²) in [6.45, 7) is 0.177. The van der Waals surface area contributed by atoms with Gasteiger partial charge in [0, 0.05) is 35.6 Å². The van der Waals surface area contributed by atoms with Crippen molar-refractivity contribution in [3.63, 3.8) is 0 Å². The molecule has 0 aliphatic carbocycles. The highest BCUT2D eigenvalue weighted by Gasteiger charge is 2.12. The summed E-state index contributed by atoms with van der Waals surface area (Å²) < 4.78 is 5.18.